The molecule has 0 aromatic heterocycles. The molecule has 0 spiro atoms. The molecule has 0 radical (unpaired) electrons. The van der Waals surface area contributed by atoms with Crippen LogP contribution in [0.4, 0.5) is 11.4 Å². The van der Waals surface area contributed by atoms with Crippen LogP contribution in [0.25, 0.3) is 0 Å². The number of non-ortho nitro benzene ring substituents is 1. The monoisotopic (exact) mass is 375 g/mol. The molecule has 3 rings (SSSR count). The summed E-state index contributed by atoms with van der Waals surface area (Å²) in [5.74, 6) is -1.01. The number of hydrogen-bond acceptors (Lipinski definition) is 5. The predicted molar refractivity (Wildman–Crippen MR) is 86.2 cm³/mol. The number of nitro benzene ring substituents is 1. The van der Waals surface area contributed by atoms with Crippen LogP contribution < -0.4 is 5.32 Å². The van der Waals surface area contributed by atoms with E-state index >= 15 is 0 Å². The lowest BCUT2D eigenvalue weighted by atomic mass is 10.1. The fourth-order valence-electron chi connectivity index (χ4n) is 2.27. The molecule has 2 aromatic carbocycles. The molecular formula is C15H10BrN3O4. The zero-order chi connectivity index (χ0) is 16.6. The van der Waals surface area contributed by atoms with E-state index in [1.807, 2.05) is 12.1 Å². The van der Waals surface area contributed by atoms with E-state index in [1.165, 1.54) is 12.1 Å². The van der Waals surface area contributed by atoms with E-state index in [0.717, 1.165) is 21.1 Å². The Morgan fingerprint density at radius 3 is 2.35 bits per heavy atom. The van der Waals surface area contributed by atoms with Crippen molar-refractivity contribution in [3.63, 3.8) is 0 Å². The van der Waals surface area contributed by atoms with Crippen LogP contribution in [0, 0.1) is 10.1 Å². The minimum absolute atomic E-state index is 0.0121. The molecule has 1 aliphatic rings. The number of imide groups is 1. The zero-order valence-corrected chi connectivity index (χ0v) is 13.2. The molecule has 23 heavy (non-hydrogen) atoms. The molecule has 2 amide bonds. The van der Waals surface area contributed by atoms with Crippen molar-refractivity contribution in [3.05, 3.63) is 68.2 Å². The molecular weight excluding hydrogens is 366 g/mol. The van der Waals surface area contributed by atoms with Gasteiger partial charge in [-0.2, -0.15) is 0 Å². The van der Waals surface area contributed by atoms with E-state index in [-0.39, 0.29) is 23.5 Å². The molecule has 1 aliphatic heterocycles. The molecule has 0 bridgehead atoms. The average molecular weight is 376 g/mol. The van der Waals surface area contributed by atoms with Gasteiger partial charge in [0, 0.05) is 22.3 Å². The van der Waals surface area contributed by atoms with E-state index in [2.05, 4.69) is 21.2 Å². The molecule has 8 heteroatoms. The number of carbonyl (C=O) groups is 2. The first-order chi connectivity index (χ1) is 11.0. The topological polar surface area (TPSA) is 92.5 Å². The summed E-state index contributed by atoms with van der Waals surface area (Å²) in [7, 11) is 0. The summed E-state index contributed by atoms with van der Waals surface area (Å²) in [6.07, 6.45) is 0. The fourth-order valence-corrected chi connectivity index (χ4v) is 2.54. The normalized spacial score (nSPS) is 13.2. The summed E-state index contributed by atoms with van der Waals surface area (Å²) in [4.78, 5) is 35.8. The Balaban J connectivity index is 1.79. The van der Waals surface area contributed by atoms with Gasteiger partial charge in [-0.3, -0.25) is 24.6 Å². The van der Waals surface area contributed by atoms with Crippen molar-refractivity contribution in [1.29, 1.82) is 0 Å². The molecule has 0 fully saturated rings. The van der Waals surface area contributed by atoms with Crippen LogP contribution in [-0.2, 0) is 0 Å². The van der Waals surface area contributed by atoms with Crippen LogP contribution in [0.5, 0.6) is 0 Å². The third-order valence-electron chi connectivity index (χ3n) is 3.45. The second kappa shape index (κ2) is 5.81. The van der Waals surface area contributed by atoms with Crippen molar-refractivity contribution < 1.29 is 14.5 Å². The van der Waals surface area contributed by atoms with E-state index < -0.39 is 16.7 Å². The van der Waals surface area contributed by atoms with Crippen molar-refractivity contribution >= 4 is 39.1 Å². The number of benzene rings is 2. The SMILES string of the molecule is O=C1c2ccc([N+](=O)[O-])cc2C(=O)N1CNc1ccc(Br)cc1. The lowest BCUT2D eigenvalue weighted by Gasteiger charge is -2.15. The Hall–Kier alpha value is -2.74. The maximum absolute atomic E-state index is 12.3. The Labute approximate surface area is 139 Å². The fraction of sp³-hybridized carbons (Fsp3) is 0.0667. The second-order valence-corrected chi connectivity index (χ2v) is 5.78. The molecule has 0 aliphatic carbocycles. The first kappa shape index (κ1) is 15.2. The Morgan fingerprint density at radius 1 is 1.04 bits per heavy atom. The quantitative estimate of drug-likeness (QED) is 0.503. The van der Waals surface area contributed by atoms with Crippen molar-refractivity contribution in [2.24, 2.45) is 0 Å². The molecule has 116 valence electrons. The van der Waals surface area contributed by atoms with Gasteiger partial charge in [-0.05, 0) is 30.3 Å². The number of nitro groups is 1. The van der Waals surface area contributed by atoms with Crippen LogP contribution in [-0.4, -0.2) is 28.3 Å². The Kier molecular flexibility index (Phi) is 3.83. The number of anilines is 1. The highest BCUT2D eigenvalue weighted by Crippen LogP contribution is 2.26. The highest BCUT2D eigenvalue weighted by atomic mass is 79.9. The molecule has 0 unspecified atom stereocenters. The van der Waals surface area contributed by atoms with Gasteiger partial charge < -0.3 is 5.32 Å². The summed E-state index contributed by atoms with van der Waals surface area (Å²) in [5, 5.41) is 13.8. The van der Waals surface area contributed by atoms with Gasteiger partial charge in [-0.15, -0.1) is 0 Å². The van der Waals surface area contributed by atoms with Crippen LogP contribution in [0.1, 0.15) is 20.7 Å². The van der Waals surface area contributed by atoms with Crippen molar-refractivity contribution in [2.45, 2.75) is 0 Å². The number of nitrogens with zero attached hydrogens (tertiary/aromatic N) is 2. The molecule has 7 nitrogen and oxygen atoms in total. The maximum Gasteiger partial charge on any atom is 0.270 e. The van der Waals surface area contributed by atoms with Gasteiger partial charge in [0.25, 0.3) is 17.5 Å². The Bertz CT molecular complexity index is 820. The van der Waals surface area contributed by atoms with Gasteiger partial charge >= 0.3 is 0 Å². The molecule has 0 saturated carbocycles. The highest BCUT2D eigenvalue weighted by molar-refractivity contribution is 9.10. The summed E-state index contributed by atoms with van der Waals surface area (Å²) in [5.41, 5.74) is 0.767. The van der Waals surface area contributed by atoms with Gasteiger partial charge in [-0.1, -0.05) is 15.9 Å². The summed E-state index contributed by atoms with van der Waals surface area (Å²) < 4.78 is 0.913. The van der Waals surface area contributed by atoms with Crippen LogP contribution in [0.2, 0.25) is 0 Å². The molecule has 1 N–H and O–H groups in total. The molecule has 1 heterocycles. The first-order valence-corrected chi connectivity index (χ1v) is 7.41. The highest BCUT2D eigenvalue weighted by Gasteiger charge is 2.36. The van der Waals surface area contributed by atoms with Crippen molar-refractivity contribution in [1.82, 2.24) is 4.90 Å². The van der Waals surface area contributed by atoms with Gasteiger partial charge in [0.2, 0.25) is 0 Å². The average Bonchev–Trinajstić information content (AvgIpc) is 2.78. The minimum Gasteiger partial charge on any atom is -0.367 e. The minimum atomic E-state index is -0.596. The summed E-state index contributed by atoms with van der Waals surface area (Å²) >= 11 is 3.32. The molecule has 0 atom stereocenters. The smallest absolute Gasteiger partial charge is 0.270 e. The number of hydrogen-bond donors (Lipinski definition) is 1. The van der Waals surface area contributed by atoms with Gasteiger partial charge in [-0.25, -0.2) is 0 Å². The standard InChI is InChI=1S/C15H10BrN3O4/c16-9-1-3-10(4-2-9)17-8-18-14(20)12-6-5-11(19(22)23)7-13(12)15(18)21/h1-7,17H,8H2. The van der Waals surface area contributed by atoms with Crippen molar-refractivity contribution in [2.75, 3.05) is 12.0 Å². The summed E-state index contributed by atoms with van der Waals surface area (Å²) in [6.45, 7) is -0.0121. The van der Waals surface area contributed by atoms with E-state index in [9.17, 15) is 19.7 Å². The number of fused-ring (bicyclic) bond motifs is 1. The van der Waals surface area contributed by atoms with Crippen LogP contribution in [0.15, 0.2) is 46.9 Å². The maximum atomic E-state index is 12.3. The van der Waals surface area contributed by atoms with Crippen LogP contribution >= 0.6 is 15.9 Å². The van der Waals surface area contributed by atoms with E-state index in [1.54, 1.807) is 12.1 Å². The largest absolute Gasteiger partial charge is 0.367 e. The third-order valence-corrected chi connectivity index (χ3v) is 3.98. The number of amides is 2. The van der Waals surface area contributed by atoms with Gasteiger partial charge in [0.1, 0.15) is 0 Å². The number of rotatable bonds is 4. The second-order valence-electron chi connectivity index (χ2n) is 4.87. The van der Waals surface area contributed by atoms with Crippen LogP contribution in [0.3, 0.4) is 0 Å². The summed E-state index contributed by atoms with van der Waals surface area (Å²) in [6, 6.07) is 10.9. The lowest BCUT2D eigenvalue weighted by Crippen LogP contribution is -2.34. The molecule has 2 aromatic rings. The first-order valence-electron chi connectivity index (χ1n) is 6.61. The third kappa shape index (κ3) is 2.80. The number of nitrogens with one attached hydrogen (secondary N) is 1. The van der Waals surface area contributed by atoms with Gasteiger partial charge in [0.15, 0.2) is 0 Å². The van der Waals surface area contributed by atoms with E-state index in [4.69, 9.17) is 0 Å². The lowest BCUT2D eigenvalue weighted by molar-refractivity contribution is -0.384. The van der Waals surface area contributed by atoms with Gasteiger partial charge in [0.05, 0.1) is 22.7 Å². The van der Waals surface area contributed by atoms with E-state index in [0.29, 0.717) is 0 Å². The predicted octanol–water partition coefficient (Wildman–Crippen LogP) is 3.02. The number of carbonyl (C=O) groups excluding carboxylic acids is 2. The van der Waals surface area contributed by atoms with Crippen molar-refractivity contribution in [3.8, 4) is 0 Å². The molecule has 0 saturated heterocycles. The zero-order valence-electron chi connectivity index (χ0n) is 11.7. The Morgan fingerprint density at radius 2 is 1.70 bits per heavy atom. The number of halogens is 1.